The summed E-state index contributed by atoms with van der Waals surface area (Å²) in [6.45, 7) is 4.21. The molecule has 0 amide bonds. The van der Waals surface area contributed by atoms with Crippen molar-refractivity contribution in [3.63, 3.8) is 0 Å². The summed E-state index contributed by atoms with van der Waals surface area (Å²) in [5.41, 5.74) is 5.40. The molecule has 0 saturated carbocycles. The molecule has 1 unspecified atom stereocenters. The Hall–Kier alpha value is -1.03. The Labute approximate surface area is 72.0 Å². The quantitative estimate of drug-likeness (QED) is 0.697. The van der Waals surface area contributed by atoms with Crippen LogP contribution in [0.15, 0.2) is 12.4 Å². The van der Waals surface area contributed by atoms with Gasteiger partial charge in [0.15, 0.2) is 0 Å². The number of hydrogen-bond donors (Lipinski definition) is 2. The molecule has 0 spiro atoms. The predicted octanol–water partition coefficient (Wildman–Crippen LogP) is 0.626. The average molecular weight is 169 g/mol. The van der Waals surface area contributed by atoms with E-state index in [1.54, 1.807) is 24.0 Å². The maximum Gasteiger partial charge on any atom is 0.0812 e. The molecule has 0 fully saturated rings. The Morgan fingerprint density at radius 2 is 2.42 bits per heavy atom. The lowest BCUT2D eigenvalue weighted by Crippen LogP contribution is -2.29. The van der Waals surface area contributed by atoms with Crippen molar-refractivity contribution in [2.45, 2.75) is 32.4 Å². The Morgan fingerprint density at radius 1 is 1.75 bits per heavy atom. The number of nitrogens with two attached hydrogens (primary N) is 1. The molecule has 0 aliphatic heterocycles. The zero-order valence-electron chi connectivity index (χ0n) is 7.49. The Bertz CT molecular complexity index is 255. The van der Waals surface area contributed by atoms with Gasteiger partial charge in [-0.2, -0.15) is 5.10 Å². The van der Waals surface area contributed by atoms with E-state index in [9.17, 15) is 5.11 Å². The van der Waals surface area contributed by atoms with Gasteiger partial charge in [-0.15, -0.1) is 0 Å². The highest BCUT2D eigenvalue weighted by molar-refractivity contribution is 5.30. The number of hydrogen-bond acceptors (Lipinski definition) is 3. The third-order valence-electron chi connectivity index (χ3n) is 1.92. The zero-order chi connectivity index (χ0) is 9.19. The largest absolute Gasteiger partial charge is 0.396 e. The first-order valence-electron chi connectivity index (χ1n) is 4.04. The van der Waals surface area contributed by atoms with E-state index in [0.29, 0.717) is 18.7 Å². The Balaban J connectivity index is 2.63. The van der Waals surface area contributed by atoms with Crippen LogP contribution >= 0.6 is 0 Å². The molecule has 1 aromatic heterocycles. The van der Waals surface area contributed by atoms with Crippen molar-refractivity contribution in [2.75, 3.05) is 5.73 Å². The maximum atomic E-state index is 9.68. The van der Waals surface area contributed by atoms with Crippen LogP contribution in [0.4, 0.5) is 5.69 Å². The van der Waals surface area contributed by atoms with E-state index < -0.39 is 5.60 Å². The smallest absolute Gasteiger partial charge is 0.0812 e. The highest BCUT2D eigenvalue weighted by atomic mass is 16.3. The molecule has 0 bridgehead atoms. The average Bonchev–Trinajstić information content (AvgIpc) is 2.35. The van der Waals surface area contributed by atoms with Crippen molar-refractivity contribution < 1.29 is 5.11 Å². The molecule has 1 aromatic rings. The lowest BCUT2D eigenvalue weighted by molar-refractivity contribution is 0.0345. The summed E-state index contributed by atoms with van der Waals surface area (Å²) in [5.74, 6) is 0. The summed E-state index contributed by atoms with van der Waals surface area (Å²) in [4.78, 5) is 0. The highest BCUT2D eigenvalue weighted by Gasteiger charge is 2.18. The van der Waals surface area contributed by atoms with E-state index in [1.807, 2.05) is 6.92 Å². The van der Waals surface area contributed by atoms with Gasteiger partial charge in [-0.1, -0.05) is 6.92 Å². The first-order valence-corrected chi connectivity index (χ1v) is 4.04. The van der Waals surface area contributed by atoms with Gasteiger partial charge >= 0.3 is 0 Å². The van der Waals surface area contributed by atoms with Gasteiger partial charge < -0.3 is 10.8 Å². The van der Waals surface area contributed by atoms with Gasteiger partial charge in [0.05, 0.1) is 24.0 Å². The third kappa shape index (κ3) is 2.23. The highest BCUT2D eigenvalue weighted by Crippen LogP contribution is 2.11. The van der Waals surface area contributed by atoms with Crippen molar-refractivity contribution >= 4 is 5.69 Å². The van der Waals surface area contributed by atoms with Crippen molar-refractivity contribution in [1.82, 2.24) is 9.78 Å². The number of aliphatic hydroxyl groups is 1. The molecule has 12 heavy (non-hydrogen) atoms. The van der Waals surface area contributed by atoms with E-state index in [1.165, 1.54) is 0 Å². The summed E-state index contributed by atoms with van der Waals surface area (Å²) in [5, 5.41) is 13.7. The molecule has 1 atom stereocenters. The normalized spacial score (nSPS) is 15.9. The van der Waals surface area contributed by atoms with Gasteiger partial charge in [-0.05, 0) is 13.3 Å². The monoisotopic (exact) mass is 169 g/mol. The summed E-state index contributed by atoms with van der Waals surface area (Å²) >= 11 is 0. The van der Waals surface area contributed by atoms with E-state index in [4.69, 9.17) is 5.73 Å². The molecule has 1 rings (SSSR count). The van der Waals surface area contributed by atoms with Crippen LogP contribution in [0, 0.1) is 0 Å². The number of nitrogen functional groups attached to an aromatic ring is 1. The van der Waals surface area contributed by atoms with Gasteiger partial charge in [0, 0.05) is 6.20 Å². The minimum absolute atomic E-state index is 0.487. The first kappa shape index (κ1) is 9.06. The van der Waals surface area contributed by atoms with E-state index in [0.717, 1.165) is 0 Å². The fourth-order valence-electron chi connectivity index (χ4n) is 0.927. The number of aromatic nitrogens is 2. The molecule has 0 saturated heterocycles. The van der Waals surface area contributed by atoms with Crippen LogP contribution in [0.5, 0.6) is 0 Å². The molecule has 3 N–H and O–H groups in total. The summed E-state index contributed by atoms with van der Waals surface area (Å²) < 4.78 is 1.65. The summed E-state index contributed by atoms with van der Waals surface area (Å²) in [6, 6.07) is 0. The fourth-order valence-corrected chi connectivity index (χ4v) is 0.927. The second-order valence-electron chi connectivity index (χ2n) is 3.32. The predicted molar refractivity (Wildman–Crippen MR) is 47.6 cm³/mol. The summed E-state index contributed by atoms with van der Waals surface area (Å²) in [7, 11) is 0. The topological polar surface area (TPSA) is 64.1 Å². The Morgan fingerprint density at radius 3 is 2.83 bits per heavy atom. The lowest BCUT2D eigenvalue weighted by atomic mass is 10.0. The van der Waals surface area contributed by atoms with Gasteiger partial charge in [0.2, 0.25) is 0 Å². The van der Waals surface area contributed by atoms with Gasteiger partial charge in [-0.3, -0.25) is 4.68 Å². The molecule has 1 heterocycles. The standard InChI is InChI=1S/C8H15N3O/c1-3-8(2,12)6-11-5-7(9)4-10-11/h4-5,12H,3,6,9H2,1-2H3. The molecule has 0 aliphatic rings. The van der Waals surface area contributed by atoms with Crippen LogP contribution < -0.4 is 5.73 Å². The van der Waals surface area contributed by atoms with Crippen LogP contribution in [0.25, 0.3) is 0 Å². The lowest BCUT2D eigenvalue weighted by Gasteiger charge is -2.20. The zero-order valence-corrected chi connectivity index (χ0v) is 7.49. The minimum Gasteiger partial charge on any atom is -0.396 e. The van der Waals surface area contributed by atoms with Crippen LogP contribution in [0.3, 0.4) is 0 Å². The number of anilines is 1. The van der Waals surface area contributed by atoms with Crippen molar-refractivity contribution in [2.24, 2.45) is 0 Å². The summed E-state index contributed by atoms with van der Waals surface area (Å²) in [6.07, 6.45) is 3.99. The second kappa shape index (κ2) is 3.15. The van der Waals surface area contributed by atoms with E-state index in [2.05, 4.69) is 5.10 Å². The molecule has 0 aromatic carbocycles. The number of nitrogens with zero attached hydrogens (tertiary/aromatic N) is 2. The van der Waals surface area contributed by atoms with Crippen LogP contribution in [-0.2, 0) is 6.54 Å². The first-order chi connectivity index (χ1) is 5.53. The Kier molecular flexibility index (Phi) is 2.38. The molecular weight excluding hydrogens is 154 g/mol. The van der Waals surface area contributed by atoms with Gasteiger partial charge in [0.1, 0.15) is 0 Å². The van der Waals surface area contributed by atoms with Crippen LogP contribution in [-0.4, -0.2) is 20.5 Å². The fraction of sp³-hybridized carbons (Fsp3) is 0.625. The number of rotatable bonds is 3. The van der Waals surface area contributed by atoms with Gasteiger partial charge in [0.25, 0.3) is 0 Å². The van der Waals surface area contributed by atoms with Crippen LogP contribution in [0.1, 0.15) is 20.3 Å². The molecule has 0 aliphatic carbocycles. The van der Waals surface area contributed by atoms with Crippen molar-refractivity contribution in [3.05, 3.63) is 12.4 Å². The molecule has 4 nitrogen and oxygen atoms in total. The maximum absolute atomic E-state index is 9.68. The molecule has 68 valence electrons. The van der Waals surface area contributed by atoms with Gasteiger partial charge in [-0.25, -0.2) is 0 Å². The van der Waals surface area contributed by atoms with Crippen molar-refractivity contribution in [1.29, 1.82) is 0 Å². The molecule has 0 radical (unpaired) electrons. The third-order valence-corrected chi connectivity index (χ3v) is 1.92. The van der Waals surface area contributed by atoms with Crippen molar-refractivity contribution in [3.8, 4) is 0 Å². The minimum atomic E-state index is -0.696. The van der Waals surface area contributed by atoms with Crippen LogP contribution in [0.2, 0.25) is 0 Å². The van der Waals surface area contributed by atoms with E-state index in [-0.39, 0.29) is 0 Å². The van der Waals surface area contributed by atoms with E-state index >= 15 is 0 Å². The second-order valence-corrected chi connectivity index (χ2v) is 3.32. The SMILES string of the molecule is CCC(C)(O)Cn1cc(N)cn1. The molecular formula is C8H15N3O. The molecule has 4 heteroatoms.